The van der Waals surface area contributed by atoms with Gasteiger partial charge in [-0.3, -0.25) is 10.1 Å². The summed E-state index contributed by atoms with van der Waals surface area (Å²) in [6.45, 7) is 0. The highest BCUT2D eigenvalue weighted by atomic mass is 16.6. The predicted molar refractivity (Wildman–Crippen MR) is 75.7 cm³/mol. The summed E-state index contributed by atoms with van der Waals surface area (Å²) in [6.07, 6.45) is 4.68. The van der Waals surface area contributed by atoms with Gasteiger partial charge in [0.25, 0.3) is 11.6 Å². The van der Waals surface area contributed by atoms with Crippen molar-refractivity contribution in [1.29, 1.82) is 0 Å². The SMILES string of the molecule is Nc1cn(-c2ncccn2)nc1-c1ccccc1[N+](=O)[O-]. The third kappa shape index (κ3) is 2.29. The second-order valence-electron chi connectivity index (χ2n) is 4.20. The Morgan fingerprint density at radius 1 is 1.14 bits per heavy atom. The first-order chi connectivity index (χ1) is 10.2. The Hall–Kier alpha value is -3.29. The predicted octanol–water partition coefficient (Wildman–Crippen LogP) is 1.82. The standard InChI is InChI=1S/C13H10N6O2/c14-10-8-18(13-15-6-3-7-16-13)17-12(10)9-4-1-2-5-11(9)19(20)21/h1-8H,14H2. The van der Waals surface area contributed by atoms with Crippen LogP contribution in [0, 0.1) is 10.1 Å². The molecule has 0 fully saturated rings. The molecule has 8 nitrogen and oxygen atoms in total. The number of aromatic nitrogens is 4. The minimum Gasteiger partial charge on any atom is -0.396 e. The quantitative estimate of drug-likeness (QED) is 0.579. The van der Waals surface area contributed by atoms with E-state index in [1.807, 2.05) is 0 Å². The summed E-state index contributed by atoms with van der Waals surface area (Å²) in [7, 11) is 0. The zero-order valence-corrected chi connectivity index (χ0v) is 10.7. The lowest BCUT2D eigenvalue weighted by atomic mass is 10.1. The summed E-state index contributed by atoms with van der Waals surface area (Å²) in [5.74, 6) is 0.342. The lowest BCUT2D eigenvalue weighted by molar-refractivity contribution is -0.384. The van der Waals surface area contributed by atoms with E-state index in [1.54, 1.807) is 36.7 Å². The number of para-hydroxylation sites is 1. The van der Waals surface area contributed by atoms with Crippen molar-refractivity contribution in [3.05, 3.63) is 59.0 Å². The molecule has 0 bridgehead atoms. The summed E-state index contributed by atoms with van der Waals surface area (Å²) in [6, 6.07) is 7.98. The van der Waals surface area contributed by atoms with Crippen LogP contribution >= 0.6 is 0 Å². The average Bonchev–Trinajstić information content (AvgIpc) is 2.90. The molecule has 2 N–H and O–H groups in total. The zero-order chi connectivity index (χ0) is 14.8. The third-order valence-corrected chi connectivity index (χ3v) is 2.86. The van der Waals surface area contributed by atoms with Crippen molar-refractivity contribution in [1.82, 2.24) is 19.7 Å². The molecule has 21 heavy (non-hydrogen) atoms. The molecule has 0 aliphatic rings. The van der Waals surface area contributed by atoms with E-state index in [-0.39, 0.29) is 5.69 Å². The molecule has 3 rings (SSSR count). The number of nitro benzene ring substituents is 1. The Balaban J connectivity index is 2.13. The number of nitro groups is 1. The fraction of sp³-hybridized carbons (Fsp3) is 0. The molecule has 3 aromatic rings. The van der Waals surface area contributed by atoms with Gasteiger partial charge in [-0.05, 0) is 12.1 Å². The third-order valence-electron chi connectivity index (χ3n) is 2.86. The van der Waals surface area contributed by atoms with E-state index < -0.39 is 4.92 Å². The van der Waals surface area contributed by atoms with Crippen LogP contribution in [0.2, 0.25) is 0 Å². The summed E-state index contributed by atoms with van der Waals surface area (Å²) in [5, 5.41) is 15.3. The van der Waals surface area contributed by atoms with E-state index in [0.29, 0.717) is 22.9 Å². The van der Waals surface area contributed by atoms with E-state index in [1.165, 1.54) is 16.9 Å². The monoisotopic (exact) mass is 282 g/mol. The molecule has 0 unspecified atom stereocenters. The van der Waals surface area contributed by atoms with Crippen LogP contribution in [0.4, 0.5) is 11.4 Å². The Morgan fingerprint density at radius 3 is 2.57 bits per heavy atom. The van der Waals surface area contributed by atoms with Crippen LogP contribution in [0.15, 0.2) is 48.9 Å². The number of benzene rings is 1. The summed E-state index contributed by atoms with van der Waals surface area (Å²) in [5.41, 5.74) is 6.87. The van der Waals surface area contributed by atoms with Crippen molar-refractivity contribution in [3.8, 4) is 17.2 Å². The van der Waals surface area contributed by atoms with Crippen LogP contribution in [0.5, 0.6) is 0 Å². The minimum absolute atomic E-state index is 0.0524. The highest BCUT2D eigenvalue weighted by molar-refractivity contribution is 5.79. The summed E-state index contributed by atoms with van der Waals surface area (Å²) in [4.78, 5) is 18.7. The molecule has 0 spiro atoms. The first-order valence-corrected chi connectivity index (χ1v) is 6.03. The van der Waals surface area contributed by atoms with E-state index in [9.17, 15) is 10.1 Å². The van der Waals surface area contributed by atoms with Crippen LogP contribution in [-0.2, 0) is 0 Å². The van der Waals surface area contributed by atoms with Gasteiger partial charge in [-0.15, -0.1) is 0 Å². The van der Waals surface area contributed by atoms with Gasteiger partial charge < -0.3 is 5.73 Å². The molecule has 0 aliphatic heterocycles. The Kier molecular flexibility index (Phi) is 3.03. The molecule has 0 saturated heterocycles. The maximum absolute atomic E-state index is 11.1. The van der Waals surface area contributed by atoms with Gasteiger partial charge in [0, 0.05) is 18.5 Å². The second-order valence-corrected chi connectivity index (χ2v) is 4.20. The second kappa shape index (κ2) is 5.00. The molecule has 104 valence electrons. The van der Waals surface area contributed by atoms with E-state index in [4.69, 9.17) is 5.73 Å². The van der Waals surface area contributed by atoms with E-state index in [0.717, 1.165) is 0 Å². The normalized spacial score (nSPS) is 10.5. The maximum atomic E-state index is 11.1. The maximum Gasteiger partial charge on any atom is 0.278 e. The molecule has 2 aromatic heterocycles. The lowest BCUT2D eigenvalue weighted by Crippen LogP contribution is -2.00. The van der Waals surface area contributed by atoms with Crippen LogP contribution < -0.4 is 5.73 Å². The number of hydrogen-bond acceptors (Lipinski definition) is 6. The summed E-state index contributed by atoms with van der Waals surface area (Å²) < 4.78 is 1.39. The van der Waals surface area contributed by atoms with Gasteiger partial charge in [-0.2, -0.15) is 5.10 Å². The summed E-state index contributed by atoms with van der Waals surface area (Å²) >= 11 is 0. The van der Waals surface area contributed by atoms with Gasteiger partial charge in [0.2, 0.25) is 0 Å². The van der Waals surface area contributed by atoms with Crippen LogP contribution in [0.25, 0.3) is 17.2 Å². The van der Waals surface area contributed by atoms with Gasteiger partial charge in [-0.25, -0.2) is 14.6 Å². The fourth-order valence-corrected chi connectivity index (χ4v) is 1.94. The van der Waals surface area contributed by atoms with Gasteiger partial charge >= 0.3 is 0 Å². The van der Waals surface area contributed by atoms with Crippen molar-refractivity contribution in [2.75, 3.05) is 5.73 Å². The molecule has 0 radical (unpaired) electrons. The molecule has 0 aliphatic carbocycles. The fourth-order valence-electron chi connectivity index (χ4n) is 1.94. The van der Waals surface area contributed by atoms with Gasteiger partial charge in [-0.1, -0.05) is 12.1 Å². The van der Waals surface area contributed by atoms with E-state index in [2.05, 4.69) is 15.1 Å². The Labute approximate surface area is 119 Å². The van der Waals surface area contributed by atoms with Crippen LogP contribution in [-0.4, -0.2) is 24.7 Å². The molecule has 2 heterocycles. The molecule has 0 amide bonds. The highest BCUT2D eigenvalue weighted by Gasteiger charge is 2.19. The zero-order valence-electron chi connectivity index (χ0n) is 10.7. The van der Waals surface area contributed by atoms with Crippen molar-refractivity contribution >= 4 is 11.4 Å². The van der Waals surface area contributed by atoms with E-state index >= 15 is 0 Å². The number of nitrogens with two attached hydrogens (primary N) is 1. The Morgan fingerprint density at radius 2 is 1.86 bits per heavy atom. The smallest absolute Gasteiger partial charge is 0.278 e. The number of anilines is 1. The highest BCUT2D eigenvalue weighted by Crippen LogP contribution is 2.32. The van der Waals surface area contributed by atoms with Gasteiger partial charge in [0.1, 0.15) is 5.69 Å². The average molecular weight is 282 g/mol. The first kappa shape index (κ1) is 12.7. The number of rotatable bonds is 3. The van der Waals surface area contributed by atoms with Crippen molar-refractivity contribution in [2.45, 2.75) is 0 Å². The first-order valence-electron chi connectivity index (χ1n) is 6.03. The van der Waals surface area contributed by atoms with Crippen LogP contribution in [0.3, 0.4) is 0 Å². The largest absolute Gasteiger partial charge is 0.396 e. The lowest BCUT2D eigenvalue weighted by Gasteiger charge is -2.00. The van der Waals surface area contributed by atoms with Crippen molar-refractivity contribution in [3.63, 3.8) is 0 Å². The molecule has 1 aromatic carbocycles. The molecular formula is C13H10N6O2. The molecular weight excluding hydrogens is 272 g/mol. The van der Waals surface area contributed by atoms with Gasteiger partial charge in [0.15, 0.2) is 0 Å². The minimum atomic E-state index is -0.465. The number of nitrogens with zero attached hydrogens (tertiary/aromatic N) is 5. The van der Waals surface area contributed by atoms with Crippen LogP contribution in [0.1, 0.15) is 0 Å². The number of hydrogen-bond donors (Lipinski definition) is 1. The Bertz CT molecular complexity index is 799. The van der Waals surface area contributed by atoms with Crippen molar-refractivity contribution in [2.24, 2.45) is 0 Å². The molecule has 0 saturated carbocycles. The van der Waals surface area contributed by atoms with Gasteiger partial charge in [0.05, 0.1) is 22.4 Å². The topological polar surface area (TPSA) is 113 Å². The number of nitrogen functional groups attached to an aromatic ring is 1. The van der Waals surface area contributed by atoms with Crippen molar-refractivity contribution < 1.29 is 4.92 Å². The molecule has 8 heteroatoms. The molecule has 0 atom stereocenters.